The first-order valence-corrected chi connectivity index (χ1v) is 6.95. The number of rotatable bonds is 6. The van der Waals surface area contributed by atoms with Gasteiger partial charge in [-0.3, -0.25) is 4.90 Å². The molecule has 1 aromatic carbocycles. The maximum Gasteiger partial charge on any atom is 0.165 e. The van der Waals surface area contributed by atoms with Gasteiger partial charge < -0.3 is 15.2 Å². The standard InChI is InChI=1S/C16H28N2O2/c1-16(2,3)11-18(4)13(10-17)12-8-7-9-14(19-5)15(12)20-6/h7-9,13H,10-11,17H2,1-6H3. The van der Waals surface area contributed by atoms with Crippen LogP contribution in [0.2, 0.25) is 0 Å². The first-order chi connectivity index (χ1) is 9.34. The van der Waals surface area contributed by atoms with E-state index in [4.69, 9.17) is 15.2 Å². The van der Waals surface area contributed by atoms with Crippen molar-refractivity contribution in [1.82, 2.24) is 4.90 Å². The van der Waals surface area contributed by atoms with Gasteiger partial charge in [-0.1, -0.05) is 32.9 Å². The van der Waals surface area contributed by atoms with E-state index in [-0.39, 0.29) is 11.5 Å². The lowest BCUT2D eigenvalue weighted by Gasteiger charge is -2.33. The van der Waals surface area contributed by atoms with Gasteiger partial charge >= 0.3 is 0 Å². The van der Waals surface area contributed by atoms with Crippen molar-refractivity contribution in [1.29, 1.82) is 0 Å². The molecule has 1 aromatic rings. The second-order valence-electron chi connectivity index (χ2n) is 6.31. The van der Waals surface area contributed by atoms with Gasteiger partial charge in [-0.15, -0.1) is 0 Å². The summed E-state index contributed by atoms with van der Waals surface area (Å²) >= 11 is 0. The number of likely N-dealkylation sites (N-methyl/N-ethyl adjacent to an activating group) is 1. The summed E-state index contributed by atoms with van der Waals surface area (Å²) in [5.74, 6) is 1.51. The van der Waals surface area contributed by atoms with Crippen LogP contribution >= 0.6 is 0 Å². The van der Waals surface area contributed by atoms with Crippen LogP contribution in [0.25, 0.3) is 0 Å². The number of hydrogen-bond donors (Lipinski definition) is 1. The van der Waals surface area contributed by atoms with Crippen molar-refractivity contribution in [2.75, 3.05) is 34.4 Å². The Hall–Kier alpha value is -1.26. The maximum atomic E-state index is 6.00. The summed E-state index contributed by atoms with van der Waals surface area (Å²) in [4.78, 5) is 2.28. The molecule has 4 nitrogen and oxygen atoms in total. The SMILES string of the molecule is COc1cccc(C(CN)N(C)CC(C)(C)C)c1OC. The van der Waals surface area contributed by atoms with Crippen LogP contribution < -0.4 is 15.2 Å². The molecular formula is C16H28N2O2. The fourth-order valence-electron chi connectivity index (χ4n) is 2.58. The summed E-state index contributed by atoms with van der Waals surface area (Å²) in [5, 5.41) is 0. The van der Waals surface area contributed by atoms with Crippen LogP contribution in [0.1, 0.15) is 32.4 Å². The Kier molecular flexibility index (Phi) is 5.84. The lowest BCUT2D eigenvalue weighted by molar-refractivity contribution is 0.172. The Morgan fingerprint density at radius 1 is 1.20 bits per heavy atom. The van der Waals surface area contributed by atoms with Crippen LogP contribution in [0.3, 0.4) is 0 Å². The molecule has 0 aliphatic rings. The summed E-state index contributed by atoms with van der Waals surface area (Å²) in [6, 6.07) is 6.04. The summed E-state index contributed by atoms with van der Waals surface area (Å²) in [7, 11) is 5.42. The highest BCUT2D eigenvalue weighted by Crippen LogP contribution is 2.36. The van der Waals surface area contributed by atoms with Crippen molar-refractivity contribution < 1.29 is 9.47 Å². The van der Waals surface area contributed by atoms with Gasteiger partial charge in [-0.25, -0.2) is 0 Å². The van der Waals surface area contributed by atoms with Gasteiger partial charge in [-0.2, -0.15) is 0 Å². The molecule has 0 heterocycles. The van der Waals surface area contributed by atoms with Crippen LogP contribution in [0.4, 0.5) is 0 Å². The van der Waals surface area contributed by atoms with E-state index in [1.165, 1.54) is 0 Å². The number of methoxy groups -OCH3 is 2. The number of ether oxygens (including phenoxy) is 2. The van der Waals surface area contributed by atoms with Crippen LogP contribution in [0, 0.1) is 5.41 Å². The lowest BCUT2D eigenvalue weighted by atomic mass is 9.94. The molecule has 0 aliphatic heterocycles. The van der Waals surface area contributed by atoms with E-state index in [2.05, 4.69) is 38.8 Å². The molecule has 0 spiro atoms. The summed E-state index contributed by atoms with van der Waals surface area (Å²) in [6.07, 6.45) is 0. The minimum Gasteiger partial charge on any atom is -0.493 e. The monoisotopic (exact) mass is 280 g/mol. The minimum absolute atomic E-state index is 0.110. The Bertz CT molecular complexity index is 427. The molecule has 0 saturated carbocycles. The molecule has 0 amide bonds. The molecular weight excluding hydrogens is 252 g/mol. The van der Waals surface area contributed by atoms with Crippen molar-refractivity contribution >= 4 is 0 Å². The summed E-state index contributed by atoms with van der Waals surface area (Å²) in [6.45, 7) is 8.16. The van der Waals surface area contributed by atoms with E-state index < -0.39 is 0 Å². The van der Waals surface area contributed by atoms with Crippen LogP contribution in [0.15, 0.2) is 18.2 Å². The third kappa shape index (κ3) is 4.12. The highest BCUT2D eigenvalue weighted by molar-refractivity contribution is 5.48. The first-order valence-electron chi connectivity index (χ1n) is 6.95. The number of nitrogens with two attached hydrogens (primary N) is 1. The normalized spacial score (nSPS) is 13.4. The Morgan fingerprint density at radius 2 is 1.85 bits per heavy atom. The third-order valence-electron chi connectivity index (χ3n) is 3.27. The molecule has 2 N–H and O–H groups in total. The zero-order chi connectivity index (χ0) is 15.3. The van der Waals surface area contributed by atoms with E-state index in [1.807, 2.05) is 12.1 Å². The predicted molar refractivity (Wildman–Crippen MR) is 83.4 cm³/mol. The van der Waals surface area contributed by atoms with Crippen molar-refractivity contribution in [3.63, 3.8) is 0 Å². The van der Waals surface area contributed by atoms with Gasteiger partial charge in [0.25, 0.3) is 0 Å². The second-order valence-corrected chi connectivity index (χ2v) is 6.31. The molecule has 0 bridgehead atoms. The van der Waals surface area contributed by atoms with Gasteiger partial charge in [0, 0.05) is 18.7 Å². The van der Waals surface area contributed by atoms with E-state index in [1.54, 1.807) is 14.2 Å². The van der Waals surface area contributed by atoms with Crippen LogP contribution in [-0.4, -0.2) is 39.3 Å². The lowest BCUT2D eigenvalue weighted by Crippen LogP contribution is -2.36. The first kappa shape index (κ1) is 16.8. The number of nitrogens with zero attached hydrogens (tertiary/aromatic N) is 1. The van der Waals surface area contributed by atoms with E-state index in [9.17, 15) is 0 Å². The Labute approximate surface area is 122 Å². The van der Waals surface area contributed by atoms with Crippen molar-refractivity contribution in [3.8, 4) is 11.5 Å². The van der Waals surface area contributed by atoms with Gasteiger partial charge in [0.05, 0.1) is 20.3 Å². The van der Waals surface area contributed by atoms with Crippen molar-refractivity contribution in [3.05, 3.63) is 23.8 Å². The van der Waals surface area contributed by atoms with Crippen molar-refractivity contribution in [2.24, 2.45) is 11.1 Å². The molecule has 1 rings (SSSR count). The fourth-order valence-corrected chi connectivity index (χ4v) is 2.58. The van der Waals surface area contributed by atoms with Gasteiger partial charge in [0.15, 0.2) is 11.5 Å². The van der Waals surface area contributed by atoms with E-state index in [0.29, 0.717) is 6.54 Å². The molecule has 0 aliphatic carbocycles. The Morgan fingerprint density at radius 3 is 2.30 bits per heavy atom. The van der Waals surface area contributed by atoms with E-state index in [0.717, 1.165) is 23.6 Å². The summed E-state index contributed by atoms with van der Waals surface area (Å²) in [5.41, 5.74) is 7.29. The minimum atomic E-state index is 0.110. The highest BCUT2D eigenvalue weighted by atomic mass is 16.5. The average Bonchev–Trinajstić information content (AvgIpc) is 2.37. The van der Waals surface area contributed by atoms with Crippen molar-refractivity contribution in [2.45, 2.75) is 26.8 Å². The zero-order valence-corrected chi connectivity index (χ0v) is 13.6. The molecule has 0 aromatic heterocycles. The molecule has 20 heavy (non-hydrogen) atoms. The largest absolute Gasteiger partial charge is 0.493 e. The Balaban J connectivity index is 3.12. The average molecular weight is 280 g/mol. The van der Waals surface area contributed by atoms with Gasteiger partial charge in [-0.05, 0) is 18.5 Å². The number of para-hydroxylation sites is 1. The molecule has 4 heteroatoms. The van der Waals surface area contributed by atoms with Crippen LogP contribution in [0.5, 0.6) is 11.5 Å². The highest BCUT2D eigenvalue weighted by Gasteiger charge is 2.24. The topological polar surface area (TPSA) is 47.7 Å². The third-order valence-corrected chi connectivity index (χ3v) is 3.27. The molecule has 1 atom stereocenters. The molecule has 0 saturated heterocycles. The quantitative estimate of drug-likeness (QED) is 0.870. The zero-order valence-electron chi connectivity index (χ0n) is 13.6. The fraction of sp³-hybridized carbons (Fsp3) is 0.625. The van der Waals surface area contributed by atoms with Gasteiger partial charge in [0.2, 0.25) is 0 Å². The van der Waals surface area contributed by atoms with E-state index >= 15 is 0 Å². The van der Waals surface area contributed by atoms with Crippen LogP contribution in [-0.2, 0) is 0 Å². The molecule has 0 radical (unpaired) electrons. The smallest absolute Gasteiger partial charge is 0.165 e. The predicted octanol–water partition coefficient (Wildman–Crippen LogP) is 2.68. The second kappa shape index (κ2) is 6.95. The summed E-state index contributed by atoms with van der Waals surface area (Å²) < 4.78 is 10.9. The van der Waals surface area contributed by atoms with Gasteiger partial charge in [0.1, 0.15) is 0 Å². The number of benzene rings is 1. The molecule has 114 valence electrons. The molecule has 0 fully saturated rings. The maximum absolute atomic E-state index is 6.00. The molecule has 1 unspecified atom stereocenters. The number of hydrogen-bond acceptors (Lipinski definition) is 4.